The van der Waals surface area contributed by atoms with E-state index in [-0.39, 0.29) is 0 Å². The van der Waals surface area contributed by atoms with Gasteiger partial charge >= 0.3 is 0 Å². The summed E-state index contributed by atoms with van der Waals surface area (Å²) in [6.45, 7) is 6.04. The van der Waals surface area contributed by atoms with Gasteiger partial charge in [-0.1, -0.05) is 0 Å². The number of ether oxygens (including phenoxy) is 1. The van der Waals surface area contributed by atoms with E-state index in [1.54, 1.807) is 0 Å². The molecule has 0 aromatic carbocycles. The van der Waals surface area contributed by atoms with Crippen molar-refractivity contribution in [3.8, 4) is 0 Å². The fourth-order valence-electron chi connectivity index (χ4n) is 1.53. The van der Waals surface area contributed by atoms with E-state index in [4.69, 9.17) is 4.74 Å². The quantitative estimate of drug-likeness (QED) is 0.569. The van der Waals surface area contributed by atoms with Gasteiger partial charge in [0.05, 0.1) is 12.7 Å². The van der Waals surface area contributed by atoms with Gasteiger partial charge in [-0.2, -0.15) is 0 Å². The van der Waals surface area contributed by atoms with Crippen molar-refractivity contribution in [1.29, 1.82) is 0 Å². The van der Waals surface area contributed by atoms with Crippen LogP contribution in [0.1, 0.15) is 6.42 Å². The standard InChI is InChI=1S/C10H23N3O/c1-13(2)6-3-4-11-8-10-9-12-5-7-14-10/h10-12H,3-9H2,1-2H3. The largest absolute Gasteiger partial charge is 0.374 e. The van der Waals surface area contributed by atoms with Gasteiger partial charge in [0.15, 0.2) is 0 Å². The number of rotatable bonds is 6. The van der Waals surface area contributed by atoms with Crippen LogP contribution in [-0.2, 0) is 4.74 Å². The minimum absolute atomic E-state index is 0.364. The Hall–Kier alpha value is -0.160. The molecule has 84 valence electrons. The molecule has 0 aromatic heterocycles. The molecule has 0 saturated carbocycles. The highest BCUT2D eigenvalue weighted by atomic mass is 16.5. The number of nitrogens with one attached hydrogen (secondary N) is 2. The number of hydrogen-bond donors (Lipinski definition) is 2. The molecule has 1 saturated heterocycles. The Labute approximate surface area is 87.0 Å². The first-order valence-electron chi connectivity index (χ1n) is 5.47. The van der Waals surface area contributed by atoms with Gasteiger partial charge in [-0.05, 0) is 33.6 Å². The summed E-state index contributed by atoms with van der Waals surface area (Å²) in [5.74, 6) is 0. The van der Waals surface area contributed by atoms with Crippen LogP contribution in [0.2, 0.25) is 0 Å². The van der Waals surface area contributed by atoms with E-state index in [0.29, 0.717) is 6.10 Å². The number of nitrogens with zero attached hydrogens (tertiary/aromatic N) is 1. The van der Waals surface area contributed by atoms with E-state index in [0.717, 1.165) is 39.3 Å². The molecule has 4 heteroatoms. The summed E-state index contributed by atoms with van der Waals surface area (Å²) in [7, 11) is 4.21. The summed E-state index contributed by atoms with van der Waals surface area (Å²) in [6, 6.07) is 0. The van der Waals surface area contributed by atoms with Crippen molar-refractivity contribution < 1.29 is 4.74 Å². The minimum atomic E-state index is 0.364. The molecule has 1 unspecified atom stereocenters. The molecule has 1 aliphatic rings. The minimum Gasteiger partial charge on any atom is -0.374 e. The van der Waals surface area contributed by atoms with Gasteiger partial charge in [-0.3, -0.25) is 0 Å². The Bertz CT molecular complexity index is 135. The second-order valence-electron chi connectivity index (χ2n) is 4.06. The van der Waals surface area contributed by atoms with Gasteiger partial charge < -0.3 is 20.3 Å². The van der Waals surface area contributed by atoms with E-state index >= 15 is 0 Å². The van der Waals surface area contributed by atoms with Crippen LogP contribution in [0.3, 0.4) is 0 Å². The fourth-order valence-corrected chi connectivity index (χ4v) is 1.53. The van der Waals surface area contributed by atoms with Gasteiger partial charge in [-0.15, -0.1) is 0 Å². The Kier molecular flexibility index (Phi) is 6.10. The third-order valence-electron chi connectivity index (χ3n) is 2.34. The predicted molar refractivity (Wildman–Crippen MR) is 58.7 cm³/mol. The Morgan fingerprint density at radius 1 is 1.50 bits per heavy atom. The normalized spacial score (nSPS) is 22.9. The fraction of sp³-hybridized carbons (Fsp3) is 1.00. The molecule has 1 atom stereocenters. The van der Waals surface area contributed by atoms with E-state index in [2.05, 4.69) is 29.6 Å². The SMILES string of the molecule is CN(C)CCCNCC1CNCCO1. The van der Waals surface area contributed by atoms with Crippen molar-refractivity contribution in [3.05, 3.63) is 0 Å². The summed E-state index contributed by atoms with van der Waals surface area (Å²) >= 11 is 0. The summed E-state index contributed by atoms with van der Waals surface area (Å²) in [4.78, 5) is 2.21. The zero-order chi connectivity index (χ0) is 10.2. The summed E-state index contributed by atoms with van der Waals surface area (Å²) in [5, 5.41) is 6.74. The van der Waals surface area contributed by atoms with Crippen molar-refractivity contribution in [2.45, 2.75) is 12.5 Å². The monoisotopic (exact) mass is 201 g/mol. The average molecular weight is 201 g/mol. The van der Waals surface area contributed by atoms with E-state index in [1.807, 2.05) is 0 Å². The van der Waals surface area contributed by atoms with Gasteiger partial charge in [0.2, 0.25) is 0 Å². The van der Waals surface area contributed by atoms with Crippen molar-refractivity contribution in [2.75, 3.05) is 53.4 Å². The molecular weight excluding hydrogens is 178 g/mol. The highest BCUT2D eigenvalue weighted by Gasteiger charge is 2.11. The van der Waals surface area contributed by atoms with Crippen molar-refractivity contribution in [3.63, 3.8) is 0 Å². The van der Waals surface area contributed by atoms with Crippen molar-refractivity contribution in [2.24, 2.45) is 0 Å². The Balaban J connectivity index is 1.87. The maximum atomic E-state index is 5.57. The lowest BCUT2D eigenvalue weighted by atomic mass is 10.3. The van der Waals surface area contributed by atoms with Gasteiger partial charge in [0.1, 0.15) is 0 Å². The zero-order valence-corrected chi connectivity index (χ0v) is 9.38. The first-order valence-corrected chi connectivity index (χ1v) is 5.47. The first-order chi connectivity index (χ1) is 6.79. The molecule has 0 spiro atoms. The predicted octanol–water partition coefficient (Wildman–Crippen LogP) is -0.484. The lowest BCUT2D eigenvalue weighted by Crippen LogP contribution is -2.44. The third kappa shape index (κ3) is 5.54. The van der Waals surface area contributed by atoms with Gasteiger partial charge in [-0.25, -0.2) is 0 Å². The second-order valence-corrected chi connectivity index (χ2v) is 4.06. The Morgan fingerprint density at radius 2 is 2.36 bits per heavy atom. The van der Waals surface area contributed by atoms with E-state index in [9.17, 15) is 0 Å². The van der Waals surface area contributed by atoms with Crippen LogP contribution in [0, 0.1) is 0 Å². The molecule has 1 fully saturated rings. The average Bonchev–Trinajstić information content (AvgIpc) is 2.18. The number of morpholine rings is 1. The molecule has 0 amide bonds. The number of hydrogen-bond acceptors (Lipinski definition) is 4. The summed E-state index contributed by atoms with van der Waals surface area (Å²) in [6.07, 6.45) is 1.57. The molecule has 1 heterocycles. The van der Waals surface area contributed by atoms with Crippen LogP contribution in [0.15, 0.2) is 0 Å². The third-order valence-corrected chi connectivity index (χ3v) is 2.34. The van der Waals surface area contributed by atoms with E-state index < -0.39 is 0 Å². The maximum Gasteiger partial charge on any atom is 0.0824 e. The molecule has 4 nitrogen and oxygen atoms in total. The highest BCUT2D eigenvalue weighted by Crippen LogP contribution is 1.93. The lowest BCUT2D eigenvalue weighted by molar-refractivity contribution is 0.0293. The van der Waals surface area contributed by atoms with Crippen LogP contribution in [0.25, 0.3) is 0 Å². The van der Waals surface area contributed by atoms with Gasteiger partial charge in [0, 0.05) is 19.6 Å². The maximum absolute atomic E-state index is 5.57. The van der Waals surface area contributed by atoms with Crippen LogP contribution < -0.4 is 10.6 Å². The van der Waals surface area contributed by atoms with Crippen LogP contribution in [0.4, 0.5) is 0 Å². The van der Waals surface area contributed by atoms with E-state index in [1.165, 1.54) is 6.42 Å². The zero-order valence-electron chi connectivity index (χ0n) is 9.38. The molecule has 2 N–H and O–H groups in total. The molecular formula is C10H23N3O. The Morgan fingerprint density at radius 3 is 3.00 bits per heavy atom. The first kappa shape index (κ1) is 11.9. The lowest BCUT2D eigenvalue weighted by Gasteiger charge is -2.23. The summed E-state index contributed by atoms with van der Waals surface area (Å²) < 4.78 is 5.57. The molecule has 1 aliphatic heterocycles. The molecule has 0 bridgehead atoms. The smallest absolute Gasteiger partial charge is 0.0824 e. The second kappa shape index (κ2) is 7.17. The molecule has 0 aliphatic carbocycles. The van der Waals surface area contributed by atoms with Crippen LogP contribution in [0.5, 0.6) is 0 Å². The van der Waals surface area contributed by atoms with Crippen LogP contribution >= 0.6 is 0 Å². The highest BCUT2D eigenvalue weighted by molar-refractivity contribution is 4.69. The van der Waals surface area contributed by atoms with Crippen LogP contribution in [-0.4, -0.2) is 64.4 Å². The molecule has 14 heavy (non-hydrogen) atoms. The summed E-state index contributed by atoms with van der Waals surface area (Å²) in [5.41, 5.74) is 0. The topological polar surface area (TPSA) is 36.5 Å². The van der Waals surface area contributed by atoms with Crippen molar-refractivity contribution >= 4 is 0 Å². The molecule has 1 rings (SSSR count). The van der Waals surface area contributed by atoms with Crippen molar-refractivity contribution in [1.82, 2.24) is 15.5 Å². The molecule has 0 aromatic rings. The van der Waals surface area contributed by atoms with Gasteiger partial charge in [0.25, 0.3) is 0 Å². The molecule has 0 radical (unpaired) electrons.